The summed E-state index contributed by atoms with van der Waals surface area (Å²) in [5.41, 5.74) is 0.842. The maximum absolute atomic E-state index is 12.2. The molecular formula is C13H17IN2O2. The molecule has 1 aromatic carbocycles. The third-order valence-corrected chi connectivity index (χ3v) is 3.65. The molecule has 1 aliphatic rings. The van der Waals surface area contributed by atoms with E-state index in [4.69, 9.17) is 4.74 Å². The van der Waals surface area contributed by atoms with E-state index in [9.17, 15) is 4.79 Å². The number of hydrogen-bond donors (Lipinski definition) is 2. The normalized spacial score (nSPS) is 23.0. The van der Waals surface area contributed by atoms with E-state index in [1.165, 1.54) is 0 Å². The Morgan fingerprint density at radius 2 is 2.33 bits per heavy atom. The van der Waals surface area contributed by atoms with Crippen LogP contribution < -0.4 is 10.6 Å². The highest BCUT2D eigenvalue weighted by Gasteiger charge is 2.33. The van der Waals surface area contributed by atoms with Gasteiger partial charge in [0.25, 0.3) is 0 Å². The number of carbonyl (C=O) groups is 1. The second-order valence-corrected chi connectivity index (χ2v) is 5.55. The Kier molecular flexibility index (Phi) is 4.96. The molecule has 0 radical (unpaired) electrons. The number of benzene rings is 1. The zero-order valence-electron chi connectivity index (χ0n) is 10.3. The van der Waals surface area contributed by atoms with Gasteiger partial charge in [0.1, 0.15) is 0 Å². The van der Waals surface area contributed by atoms with Crippen molar-refractivity contribution in [3.05, 3.63) is 27.8 Å². The predicted octanol–water partition coefficient (Wildman–Crippen LogP) is 1.85. The maximum atomic E-state index is 12.2. The summed E-state index contributed by atoms with van der Waals surface area (Å²) in [6.07, 6.45) is 0. The number of nitrogens with one attached hydrogen (secondary N) is 2. The highest BCUT2D eigenvalue weighted by molar-refractivity contribution is 14.1. The zero-order chi connectivity index (χ0) is 13.0. The van der Waals surface area contributed by atoms with Crippen LogP contribution in [0.15, 0.2) is 24.3 Å². The minimum absolute atomic E-state index is 0.0282. The van der Waals surface area contributed by atoms with Crippen LogP contribution in [0.5, 0.6) is 0 Å². The molecule has 0 saturated carbocycles. The lowest BCUT2D eigenvalue weighted by Gasteiger charge is -2.17. The lowest BCUT2D eigenvalue weighted by Crippen LogP contribution is -2.41. The standard InChI is InChI=1S/C13H17IN2O2/c1-2-15-12-8-18-7-11(12)13(17)16-10-5-3-4-9(14)6-10/h3-6,11-12,15H,2,7-8H2,1H3,(H,16,17). The molecule has 1 saturated heterocycles. The van der Waals surface area contributed by atoms with Crippen molar-refractivity contribution in [3.63, 3.8) is 0 Å². The second-order valence-electron chi connectivity index (χ2n) is 4.31. The van der Waals surface area contributed by atoms with Crippen molar-refractivity contribution in [2.45, 2.75) is 13.0 Å². The Morgan fingerprint density at radius 3 is 3.06 bits per heavy atom. The highest BCUT2D eigenvalue weighted by Crippen LogP contribution is 2.18. The Bertz CT molecular complexity index is 425. The van der Waals surface area contributed by atoms with Gasteiger partial charge >= 0.3 is 0 Å². The van der Waals surface area contributed by atoms with E-state index in [1.807, 2.05) is 31.2 Å². The van der Waals surface area contributed by atoms with Gasteiger partial charge in [-0.2, -0.15) is 0 Å². The van der Waals surface area contributed by atoms with Gasteiger partial charge in [-0.15, -0.1) is 0 Å². The molecule has 2 unspecified atom stereocenters. The van der Waals surface area contributed by atoms with E-state index in [2.05, 4.69) is 33.2 Å². The number of ether oxygens (including phenoxy) is 1. The van der Waals surface area contributed by atoms with Crippen LogP contribution in [0, 0.1) is 9.49 Å². The van der Waals surface area contributed by atoms with Crippen LogP contribution in [0.1, 0.15) is 6.92 Å². The number of amides is 1. The van der Waals surface area contributed by atoms with Gasteiger partial charge in [0.05, 0.1) is 19.1 Å². The van der Waals surface area contributed by atoms with E-state index in [1.54, 1.807) is 0 Å². The third-order valence-electron chi connectivity index (χ3n) is 2.98. The quantitative estimate of drug-likeness (QED) is 0.806. The van der Waals surface area contributed by atoms with Gasteiger partial charge in [0.15, 0.2) is 0 Å². The predicted molar refractivity (Wildman–Crippen MR) is 79.6 cm³/mol. The van der Waals surface area contributed by atoms with Crippen molar-refractivity contribution in [1.29, 1.82) is 0 Å². The first kappa shape index (κ1) is 13.8. The van der Waals surface area contributed by atoms with Crippen LogP contribution in [0.4, 0.5) is 5.69 Å². The molecule has 4 nitrogen and oxygen atoms in total. The van der Waals surface area contributed by atoms with Crippen molar-refractivity contribution in [2.24, 2.45) is 5.92 Å². The summed E-state index contributed by atoms with van der Waals surface area (Å²) in [6, 6.07) is 7.91. The summed E-state index contributed by atoms with van der Waals surface area (Å²) in [6.45, 7) is 3.99. The summed E-state index contributed by atoms with van der Waals surface area (Å²) >= 11 is 2.23. The number of likely N-dealkylation sites (N-methyl/N-ethyl adjacent to an activating group) is 1. The highest BCUT2D eigenvalue weighted by atomic mass is 127. The monoisotopic (exact) mass is 360 g/mol. The maximum Gasteiger partial charge on any atom is 0.231 e. The number of hydrogen-bond acceptors (Lipinski definition) is 3. The van der Waals surface area contributed by atoms with Gasteiger partial charge in [-0.3, -0.25) is 4.79 Å². The molecule has 0 aromatic heterocycles. The smallest absolute Gasteiger partial charge is 0.231 e. The Hall–Kier alpha value is -0.660. The molecule has 0 aliphatic carbocycles. The van der Waals surface area contributed by atoms with Gasteiger partial charge in [-0.1, -0.05) is 13.0 Å². The number of carbonyl (C=O) groups excluding carboxylic acids is 1. The first-order valence-electron chi connectivity index (χ1n) is 6.08. The van der Waals surface area contributed by atoms with Gasteiger partial charge in [0.2, 0.25) is 5.91 Å². The minimum Gasteiger partial charge on any atom is -0.379 e. The molecule has 2 atom stereocenters. The molecular weight excluding hydrogens is 343 g/mol. The fraction of sp³-hybridized carbons (Fsp3) is 0.462. The van der Waals surface area contributed by atoms with Gasteiger partial charge in [-0.25, -0.2) is 0 Å². The fourth-order valence-electron chi connectivity index (χ4n) is 2.08. The molecule has 2 rings (SSSR count). The van der Waals surface area contributed by atoms with Crippen LogP contribution in [0.2, 0.25) is 0 Å². The molecule has 1 fully saturated rings. The molecule has 1 heterocycles. The molecule has 0 spiro atoms. The lowest BCUT2D eigenvalue weighted by atomic mass is 10.0. The van der Waals surface area contributed by atoms with Gasteiger partial charge < -0.3 is 15.4 Å². The molecule has 1 aliphatic heterocycles. The van der Waals surface area contributed by atoms with E-state index in [0.29, 0.717) is 13.2 Å². The first-order valence-corrected chi connectivity index (χ1v) is 7.16. The van der Waals surface area contributed by atoms with Crippen LogP contribution >= 0.6 is 22.6 Å². The first-order chi connectivity index (χ1) is 8.70. The third kappa shape index (κ3) is 3.43. The van der Waals surface area contributed by atoms with Crippen LogP contribution in [-0.4, -0.2) is 31.7 Å². The van der Waals surface area contributed by atoms with Gasteiger partial charge in [-0.05, 0) is 47.3 Å². The molecule has 18 heavy (non-hydrogen) atoms. The van der Waals surface area contributed by atoms with Crippen LogP contribution in [0.3, 0.4) is 0 Å². The minimum atomic E-state index is -0.109. The van der Waals surface area contributed by atoms with Crippen molar-refractivity contribution in [2.75, 3.05) is 25.1 Å². The molecule has 1 aromatic rings. The van der Waals surface area contributed by atoms with Crippen molar-refractivity contribution in [1.82, 2.24) is 5.32 Å². The molecule has 0 bridgehead atoms. The summed E-state index contributed by atoms with van der Waals surface area (Å²) in [5.74, 6) is -0.0803. The number of anilines is 1. The van der Waals surface area contributed by atoms with Crippen molar-refractivity contribution in [3.8, 4) is 0 Å². The Morgan fingerprint density at radius 1 is 1.50 bits per heavy atom. The second kappa shape index (κ2) is 6.49. The molecule has 1 amide bonds. The van der Waals surface area contributed by atoms with E-state index >= 15 is 0 Å². The summed E-state index contributed by atoms with van der Waals surface area (Å²) in [7, 11) is 0. The van der Waals surface area contributed by atoms with Crippen molar-refractivity contribution < 1.29 is 9.53 Å². The lowest BCUT2D eigenvalue weighted by molar-refractivity contribution is -0.120. The summed E-state index contributed by atoms with van der Waals surface area (Å²) in [4.78, 5) is 12.2. The van der Waals surface area contributed by atoms with Crippen molar-refractivity contribution >= 4 is 34.2 Å². The van der Waals surface area contributed by atoms with E-state index in [0.717, 1.165) is 15.8 Å². The number of rotatable bonds is 4. The number of halogens is 1. The average molecular weight is 360 g/mol. The Balaban J connectivity index is 1.99. The average Bonchev–Trinajstić information content (AvgIpc) is 2.78. The van der Waals surface area contributed by atoms with Crippen LogP contribution in [-0.2, 0) is 9.53 Å². The van der Waals surface area contributed by atoms with E-state index < -0.39 is 0 Å². The summed E-state index contributed by atoms with van der Waals surface area (Å²) < 4.78 is 6.49. The molecule has 5 heteroatoms. The molecule has 2 N–H and O–H groups in total. The topological polar surface area (TPSA) is 50.4 Å². The SMILES string of the molecule is CCNC1COCC1C(=O)Nc1cccc(I)c1. The Labute approximate surface area is 121 Å². The largest absolute Gasteiger partial charge is 0.379 e. The van der Waals surface area contributed by atoms with E-state index in [-0.39, 0.29) is 17.9 Å². The van der Waals surface area contributed by atoms with Gasteiger partial charge in [0, 0.05) is 15.3 Å². The summed E-state index contributed by atoms with van der Waals surface area (Å²) in [5, 5.41) is 6.23. The zero-order valence-corrected chi connectivity index (χ0v) is 12.4. The molecule has 98 valence electrons. The fourth-order valence-corrected chi connectivity index (χ4v) is 2.62. The van der Waals surface area contributed by atoms with Crippen LogP contribution in [0.25, 0.3) is 0 Å².